The molecule has 0 aliphatic heterocycles. The van der Waals surface area contributed by atoms with E-state index in [1.165, 1.54) is 36.9 Å². The van der Waals surface area contributed by atoms with Gasteiger partial charge in [0.05, 0.1) is 5.69 Å². The van der Waals surface area contributed by atoms with Crippen LogP contribution in [-0.2, 0) is 18.3 Å². The summed E-state index contributed by atoms with van der Waals surface area (Å²) in [6, 6.07) is 0. The van der Waals surface area contributed by atoms with Gasteiger partial charge >= 0.3 is 0 Å². The van der Waals surface area contributed by atoms with Crippen molar-refractivity contribution in [2.75, 3.05) is 0 Å². The molecule has 0 N–H and O–H groups in total. The number of rotatable bonds is 9. The fraction of sp³-hybridized carbons (Fsp3) is 0.750. The Morgan fingerprint density at radius 2 is 1.79 bits per heavy atom. The smallest absolute Gasteiger partial charge is 0.133 e. The molecule has 0 spiro atoms. The lowest BCUT2D eigenvalue weighted by atomic mass is 10.0. The van der Waals surface area contributed by atoms with Crippen LogP contribution in [0, 0.1) is 13.8 Å². The van der Waals surface area contributed by atoms with E-state index in [4.69, 9.17) is 0 Å². The molecule has 3 nitrogen and oxygen atoms in total. The molecule has 0 aliphatic rings. The summed E-state index contributed by atoms with van der Waals surface area (Å²) in [6.45, 7) is 6.31. The van der Waals surface area contributed by atoms with Crippen molar-refractivity contribution >= 4 is 5.78 Å². The van der Waals surface area contributed by atoms with Gasteiger partial charge in [0.25, 0.3) is 0 Å². The minimum atomic E-state index is 0.402. The van der Waals surface area contributed by atoms with Gasteiger partial charge in [0.1, 0.15) is 5.78 Å². The van der Waals surface area contributed by atoms with Gasteiger partial charge in [-0.15, -0.1) is 0 Å². The van der Waals surface area contributed by atoms with Gasteiger partial charge in [-0.25, -0.2) is 0 Å². The van der Waals surface area contributed by atoms with Crippen LogP contribution in [0.3, 0.4) is 0 Å². The van der Waals surface area contributed by atoms with Crippen LogP contribution in [0.25, 0.3) is 0 Å². The van der Waals surface area contributed by atoms with Crippen LogP contribution in [0.5, 0.6) is 0 Å². The Labute approximate surface area is 117 Å². The third-order valence-corrected chi connectivity index (χ3v) is 3.87. The predicted molar refractivity (Wildman–Crippen MR) is 79.4 cm³/mol. The highest BCUT2D eigenvalue weighted by atomic mass is 16.1. The molecule has 0 aromatic carbocycles. The molecule has 0 saturated heterocycles. The van der Waals surface area contributed by atoms with Crippen molar-refractivity contribution in [1.82, 2.24) is 9.78 Å². The van der Waals surface area contributed by atoms with E-state index in [1.807, 2.05) is 18.7 Å². The number of Topliss-reactive ketones (excluding diaryl/α,β-unsaturated/α-hetero) is 1. The Bertz CT molecular complexity index is 407. The molecule has 1 rings (SSSR count). The van der Waals surface area contributed by atoms with E-state index in [1.54, 1.807) is 0 Å². The predicted octanol–water partition coefficient (Wildman–Crippen LogP) is 3.90. The molecular formula is C16H28N2O. The molecule has 0 atom stereocenters. The molecule has 0 bridgehead atoms. The third-order valence-electron chi connectivity index (χ3n) is 3.87. The van der Waals surface area contributed by atoms with E-state index >= 15 is 0 Å². The van der Waals surface area contributed by atoms with Crippen molar-refractivity contribution in [1.29, 1.82) is 0 Å². The number of hydrogen-bond donors (Lipinski definition) is 0. The minimum absolute atomic E-state index is 0.402. The van der Waals surface area contributed by atoms with Crippen LogP contribution in [-0.4, -0.2) is 15.6 Å². The van der Waals surface area contributed by atoms with Gasteiger partial charge in [-0.3, -0.25) is 9.48 Å². The summed E-state index contributed by atoms with van der Waals surface area (Å²) in [7, 11) is 1.96. The average Bonchev–Trinajstić information content (AvgIpc) is 2.61. The number of nitrogens with zero attached hydrogens (tertiary/aromatic N) is 2. The molecule has 108 valence electrons. The standard InChI is InChI=1S/C16H28N2O/c1-5-6-7-8-9-10-15(19)11-12-16-13(2)17-18(4)14(16)3/h5-12H2,1-4H3. The minimum Gasteiger partial charge on any atom is -0.300 e. The lowest BCUT2D eigenvalue weighted by molar-refractivity contribution is -0.119. The fourth-order valence-electron chi connectivity index (χ4n) is 2.49. The number of ketones is 1. The molecule has 0 radical (unpaired) electrons. The molecule has 0 fully saturated rings. The van der Waals surface area contributed by atoms with Crippen LogP contribution in [0.15, 0.2) is 0 Å². The molecule has 1 aromatic heterocycles. The summed E-state index contributed by atoms with van der Waals surface area (Å²) >= 11 is 0. The van der Waals surface area contributed by atoms with E-state index in [2.05, 4.69) is 18.9 Å². The fourth-order valence-corrected chi connectivity index (χ4v) is 2.49. The molecule has 1 heterocycles. The first-order valence-electron chi connectivity index (χ1n) is 7.57. The summed E-state index contributed by atoms with van der Waals surface area (Å²) in [5.41, 5.74) is 3.51. The van der Waals surface area contributed by atoms with Crippen LogP contribution in [0.1, 0.15) is 68.8 Å². The zero-order chi connectivity index (χ0) is 14.3. The van der Waals surface area contributed by atoms with Crippen LogP contribution in [0.2, 0.25) is 0 Å². The van der Waals surface area contributed by atoms with E-state index in [9.17, 15) is 4.79 Å². The average molecular weight is 264 g/mol. The van der Waals surface area contributed by atoms with Crippen LogP contribution in [0.4, 0.5) is 0 Å². The van der Waals surface area contributed by atoms with Gasteiger partial charge in [-0.1, -0.05) is 32.6 Å². The van der Waals surface area contributed by atoms with E-state index in [0.29, 0.717) is 12.2 Å². The van der Waals surface area contributed by atoms with Gasteiger partial charge in [-0.05, 0) is 32.3 Å². The van der Waals surface area contributed by atoms with E-state index in [-0.39, 0.29) is 0 Å². The van der Waals surface area contributed by atoms with E-state index < -0.39 is 0 Å². The number of aryl methyl sites for hydroxylation is 2. The largest absolute Gasteiger partial charge is 0.300 e. The topological polar surface area (TPSA) is 34.9 Å². The first kappa shape index (κ1) is 15.9. The van der Waals surface area contributed by atoms with Crippen molar-refractivity contribution in [3.63, 3.8) is 0 Å². The monoisotopic (exact) mass is 264 g/mol. The maximum Gasteiger partial charge on any atom is 0.133 e. The summed E-state index contributed by atoms with van der Waals surface area (Å²) in [6.07, 6.45) is 8.34. The number of carbonyl (C=O) groups excluding carboxylic acids is 1. The van der Waals surface area contributed by atoms with Gasteiger partial charge in [-0.2, -0.15) is 5.10 Å². The van der Waals surface area contributed by atoms with Gasteiger partial charge in [0.15, 0.2) is 0 Å². The second kappa shape index (κ2) is 8.13. The molecule has 3 heteroatoms. The first-order chi connectivity index (χ1) is 9.06. The SMILES string of the molecule is CCCCCCCC(=O)CCc1c(C)nn(C)c1C. The first-order valence-corrected chi connectivity index (χ1v) is 7.57. The number of unbranched alkanes of at least 4 members (excludes halogenated alkanes) is 4. The van der Waals surface area contributed by atoms with Crippen molar-refractivity contribution < 1.29 is 4.79 Å². The van der Waals surface area contributed by atoms with Crippen molar-refractivity contribution in [2.45, 2.75) is 72.1 Å². The Hall–Kier alpha value is -1.12. The van der Waals surface area contributed by atoms with Crippen LogP contribution >= 0.6 is 0 Å². The van der Waals surface area contributed by atoms with Crippen molar-refractivity contribution in [3.8, 4) is 0 Å². The Kier molecular flexibility index (Phi) is 6.82. The maximum atomic E-state index is 11.9. The normalized spacial score (nSPS) is 10.9. The summed E-state index contributed by atoms with van der Waals surface area (Å²) in [4.78, 5) is 11.9. The highest BCUT2D eigenvalue weighted by Gasteiger charge is 2.11. The van der Waals surface area contributed by atoms with Gasteiger partial charge in [0.2, 0.25) is 0 Å². The van der Waals surface area contributed by atoms with E-state index in [0.717, 1.165) is 25.0 Å². The second-order valence-electron chi connectivity index (χ2n) is 5.48. The summed E-state index contributed by atoms with van der Waals surface area (Å²) in [5.74, 6) is 0.402. The van der Waals surface area contributed by atoms with Gasteiger partial charge < -0.3 is 0 Å². The van der Waals surface area contributed by atoms with Gasteiger partial charge in [0, 0.05) is 25.6 Å². The zero-order valence-electron chi connectivity index (χ0n) is 13.0. The molecule has 0 amide bonds. The zero-order valence-corrected chi connectivity index (χ0v) is 13.0. The molecule has 0 saturated carbocycles. The van der Waals surface area contributed by atoms with Crippen molar-refractivity contribution in [3.05, 3.63) is 17.0 Å². The second-order valence-corrected chi connectivity index (χ2v) is 5.48. The number of hydrogen-bond acceptors (Lipinski definition) is 2. The molecule has 19 heavy (non-hydrogen) atoms. The summed E-state index contributed by atoms with van der Waals surface area (Å²) < 4.78 is 1.90. The lowest BCUT2D eigenvalue weighted by Crippen LogP contribution is -2.02. The third kappa shape index (κ3) is 5.17. The van der Waals surface area contributed by atoms with Crippen LogP contribution < -0.4 is 0 Å². The Morgan fingerprint density at radius 3 is 2.37 bits per heavy atom. The molecule has 0 aliphatic carbocycles. The number of carbonyl (C=O) groups is 1. The molecular weight excluding hydrogens is 236 g/mol. The Balaban J connectivity index is 2.26. The molecule has 1 aromatic rings. The highest BCUT2D eigenvalue weighted by Crippen LogP contribution is 2.15. The van der Waals surface area contributed by atoms with Crippen molar-refractivity contribution in [2.24, 2.45) is 7.05 Å². The Morgan fingerprint density at radius 1 is 1.11 bits per heavy atom. The maximum absolute atomic E-state index is 11.9. The quantitative estimate of drug-likeness (QED) is 0.634. The number of aromatic nitrogens is 2. The summed E-state index contributed by atoms with van der Waals surface area (Å²) in [5, 5.41) is 4.39. The molecule has 0 unspecified atom stereocenters. The highest BCUT2D eigenvalue weighted by molar-refractivity contribution is 5.78. The lowest BCUT2D eigenvalue weighted by Gasteiger charge is -2.03.